The summed E-state index contributed by atoms with van der Waals surface area (Å²) in [5.41, 5.74) is 7.08. The highest BCUT2D eigenvalue weighted by molar-refractivity contribution is 6.61. The van der Waals surface area contributed by atoms with Crippen LogP contribution in [0.25, 0.3) is 22.2 Å². The molecule has 0 aliphatic rings. The molecular weight excluding hydrogens is 398 g/mol. The van der Waals surface area contributed by atoms with Crippen molar-refractivity contribution in [1.29, 1.82) is 0 Å². The fourth-order valence-electron chi connectivity index (χ4n) is 4.11. The number of aryl methyl sites for hydroxylation is 1. The number of carbonyl (C=O) groups is 1. The van der Waals surface area contributed by atoms with Crippen LogP contribution in [0, 0.1) is 6.92 Å². The third-order valence-electron chi connectivity index (χ3n) is 6.31. The number of amides is 1. The Kier molecular flexibility index (Phi) is 5.59. The Morgan fingerprint density at radius 1 is 0.969 bits per heavy atom. The molecule has 32 heavy (non-hydrogen) atoms. The lowest BCUT2D eigenvalue weighted by atomic mass is 9.66. The average molecular weight is 421 g/mol. The zero-order valence-electron chi connectivity index (χ0n) is 19.5. The van der Waals surface area contributed by atoms with Gasteiger partial charge < -0.3 is 14.6 Å². The highest BCUT2D eigenvalue weighted by atomic mass is 16.5. The summed E-state index contributed by atoms with van der Waals surface area (Å²) in [7, 11) is 11.5. The summed E-state index contributed by atoms with van der Waals surface area (Å²) in [5.74, 6) is 2.04. The van der Waals surface area contributed by atoms with Gasteiger partial charge in [-0.3, -0.25) is 9.78 Å². The average Bonchev–Trinajstić information content (AvgIpc) is 3.11. The normalized spacial score (nSPS) is 11.0. The Morgan fingerprint density at radius 2 is 1.66 bits per heavy atom. The lowest BCUT2D eigenvalue weighted by Gasteiger charge is -2.20. The summed E-state index contributed by atoms with van der Waals surface area (Å²) in [5, 5.41) is 3.85. The van der Waals surface area contributed by atoms with E-state index in [4.69, 9.17) is 4.74 Å². The van der Waals surface area contributed by atoms with E-state index in [0.29, 0.717) is 11.4 Å². The molecule has 0 saturated heterocycles. The molecule has 0 spiro atoms. The van der Waals surface area contributed by atoms with Crippen molar-refractivity contribution in [2.24, 2.45) is 7.05 Å². The van der Waals surface area contributed by atoms with Crippen molar-refractivity contribution in [2.75, 3.05) is 12.4 Å². The van der Waals surface area contributed by atoms with Gasteiger partial charge in [0.15, 0.2) is 0 Å². The minimum Gasteiger partial charge on any atom is -0.498 e. The molecule has 3 heterocycles. The van der Waals surface area contributed by atoms with E-state index >= 15 is 0 Å². The van der Waals surface area contributed by atoms with Crippen LogP contribution >= 0.6 is 0 Å². The number of hydrogen-bond acceptors (Lipinski definition) is 5. The monoisotopic (exact) mass is 421 g/mol. The van der Waals surface area contributed by atoms with Gasteiger partial charge in [-0.1, -0.05) is 21.9 Å². The second kappa shape index (κ2) is 8.22. The molecule has 3 aromatic heterocycles. The van der Waals surface area contributed by atoms with Crippen molar-refractivity contribution in [3.05, 3.63) is 42.1 Å². The number of ether oxygens (including phenoxy) is 1. The molecule has 1 amide bonds. The van der Waals surface area contributed by atoms with Gasteiger partial charge in [-0.2, -0.15) is 0 Å². The SMILES string of the molecule is Bc1c(B)c(C(=O)Nc2cc3cc(-c4cnc(C)n4C)cnc3cn2)c(B)c(B)c1OC. The predicted molar refractivity (Wildman–Crippen MR) is 140 cm³/mol. The van der Waals surface area contributed by atoms with Crippen LogP contribution in [0.1, 0.15) is 16.2 Å². The van der Waals surface area contributed by atoms with Crippen LogP contribution in [0.5, 0.6) is 5.75 Å². The minimum atomic E-state index is -0.188. The second-order valence-corrected chi connectivity index (χ2v) is 8.10. The van der Waals surface area contributed by atoms with Crippen LogP contribution < -0.4 is 31.9 Å². The molecule has 0 radical (unpaired) electrons. The van der Waals surface area contributed by atoms with Crippen molar-refractivity contribution < 1.29 is 9.53 Å². The molecule has 0 atom stereocenters. The quantitative estimate of drug-likeness (QED) is 0.349. The summed E-state index contributed by atoms with van der Waals surface area (Å²) >= 11 is 0. The number of fused-ring (bicyclic) bond motifs is 1. The Hall–Kier alpha value is -3.48. The highest BCUT2D eigenvalue weighted by Crippen LogP contribution is 2.24. The van der Waals surface area contributed by atoms with E-state index in [-0.39, 0.29) is 5.91 Å². The first-order valence-corrected chi connectivity index (χ1v) is 10.4. The third kappa shape index (κ3) is 3.57. The molecule has 0 aliphatic carbocycles. The summed E-state index contributed by atoms with van der Waals surface area (Å²) in [6, 6.07) is 3.88. The molecule has 4 aromatic rings. The Bertz CT molecular complexity index is 1360. The number of imidazole rings is 1. The van der Waals surface area contributed by atoms with Gasteiger partial charge in [0.2, 0.25) is 0 Å². The van der Waals surface area contributed by atoms with Gasteiger partial charge in [-0.05, 0) is 19.1 Å². The number of anilines is 1. The number of rotatable bonds is 4. The zero-order chi connectivity index (χ0) is 23.2. The molecule has 0 fully saturated rings. The van der Waals surface area contributed by atoms with Gasteiger partial charge in [0, 0.05) is 29.8 Å². The van der Waals surface area contributed by atoms with E-state index in [1.807, 2.05) is 74.5 Å². The fourth-order valence-corrected chi connectivity index (χ4v) is 4.11. The fraction of sp³-hybridized carbons (Fsp3) is 0.143. The molecule has 1 aromatic carbocycles. The number of nitrogens with zero attached hydrogens (tertiary/aromatic N) is 4. The van der Waals surface area contributed by atoms with Crippen LogP contribution in [0.2, 0.25) is 0 Å². The first-order chi connectivity index (χ1) is 15.2. The zero-order valence-corrected chi connectivity index (χ0v) is 19.5. The molecule has 4 rings (SSSR count). The van der Waals surface area contributed by atoms with Gasteiger partial charge in [0.1, 0.15) is 48.8 Å². The Morgan fingerprint density at radius 3 is 2.25 bits per heavy atom. The van der Waals surface area contributed by atoms with E-state index in [9.17, 15) is 4.79 Å². The number of pyridine rings is 2. The van der Waals surface area contributed by atoms with Crippen LogP contribution in [-0.2, 0) is 7.05 Å². The molecule has 0 unspecified atom stereocenters. The summed E-state index contributed by atoms with van der Waals surface area (Å²) in [6.07, 6.45) is 5.32. The van der Waals surface area contributed by atoms with E-state index < -0.39 is 0 Å². The van der Waals surface area contributed by atoms with Crippen molar-refractivity contribution in [2.45, 2.75) is 6.92 Å². The van der Waals surface area contributed by atoms with E-state index in [1.165, 1.54) is 0 Å². The molecule has 11 heteroatoms. The molecule has 7 nitrogen and oxygen atoms in total. The van der Waals surface area contributed by atoms with Crippen molar-refractivity contribution in [3.63, 3.8) is 0 Å². The van der Waals surface area contributed by atoms with Crippen molar-refractivity contribution in [3.8, 4) is 17.0 Å². The first-order valence-electron chi connectivity index (χ1n) is 10.4. The number of aromatic nitrogens is 4. The van der Waals surface area contributed by atoms with E-state index in [1.54, 1.807) is 13.3 Å². The second-order valence-electron chi connectivity index (χ2n) is 8.10. The van der Waals surface area contributed by atoms with Crippen molar-refractivity contribution >= 4 is 75.9 Å². The van der Waals surface area contributed by atoms with Crippen molar-refractivity contribution in [1.82, 2.24) is 19.5 Å². The van der Waals surface area contributed by atoms with Crippen LogP contribution in [0.4, 0.5) is 5.82 Å². The predicted octanol–water partition coefficient (Wildman–Crippen LogP) is -3.37. The number of hydrogen-bond donors (Lipinski definition) is 1. The lowest BCUT2D eigenvalue weighted by molar-refractivity contribution is 0.102. The van der Waals surface area contributed by atoms with E-state index in [0.717, 1.165) is 55.6 Å². The van der Waals surface area contributed by atoms with Crippen LogP contribution in [-0.4, -0.2) is 63.9 Å². The van der Waals surface area contributed by atoms with Gasteiger partial charge in [-0.25, -0.2) is 9.97 Å². The molecule has 0 saturated carbocycles. The lowest BCUT2D eigenvalue weighted by Crippen LogP contribution is -2.47. The standard InChI is InChI=1S/C21H23B4N5O2/c1-9-26-8-13(30(9)2)11-4-10-5-14(28-7-12(10)27-6-11)29-21(31)15-16(22)18(24)20(32-3)19(25)17(15)23/h4-8H,22-25H2,1-3H3,(H,28,29,31). The largest absolute Gasteiger partial charge is 0.498 e. The summed E-state index contributed by atoms with van der Waals surface area (Å²) < 4.78 is 7.56. The molecule has 1 N–H and O–H groups in total. The molecule has 0 bridgehead atoms. The summed E-state index contributed by atoms with van der Waals surface area (Å²) in [4.78, 5) is 26.5. The van der Waals surface area contributed by atoms with Gasteiger partial charge in [-0.15, -0.1) is 0 Å². The molecule has 156 valence electrons. The maximum Gasteiger partial charge on any atom is 0.255 e. The van der Waals surface area contributed by atoms with Gasteiger partial charge >= 0.3 is 0 Å². The number of nitrogens with one attached hydrogen (secondary N) is 1. The maximum absolute atomic E-state index is 13.2. The van der Waals surface area contributed by atoms with Crippen LogP contribution in [0.3, 0.4) is 0 Å². The number of carbonyl (C=O) groups excluding carboxylic acids is 1. The topological polar surface area (TPSA) is 81.9 Å². The Labute approximate surface area is 190 Å². The Balaban J connectivity index is 1.71. The number of benzene rings is 1. The number of methoxy groups -OCH3 is 1. The molecular formula is C21H23B4N5O2. The highest BCUT2D eigenvalue weighted by Gasteiger charge is 2.20. The minimum absolute atomic E-state index is 0.188. The summed E-state index contributed by atoms with van der Waals surface area (Å²) in [6.45, 7) is 1.96. The smallest absolute Gasteiger partial charge is 0.255 e. The van der Waals surface area contributed by atoms with Gasteiger partial charge in [0.25, 0.3) is 5.91 Å². The first kappa shape index (κ1) is 21.7. The molecule has 0 aliphatic heterocycles. The third-order valence-corrected chi connectivity index (χ3v) is 6.31. The van der Waals surface area contributed by atoms with Crippen LogP contribution in [0.15, 0.2) is 30.7 Å². The van der Waals surface area contributed by atoms with Gasteiger partial charge in [0.05, 0.1) is 30.7 Å². The maximum atomic E-state index is 13.2. The van der Waals surface area contributed by atoms with E-state index in [2.05, 4.69) is 20.3 Å².